The average molecular weight is 267 g/mol. The van der Waals surface area contributed by atoms with E-state index < -0.39 is 0 Å². The molecule has 0 aromatic heterocycles. The molecule has 2 rings (SSSR count). The highest BCUT2D eigenvalue weighted by Crippen LogP contribution is 2.34. The van der Waals surface area contributed by atoms with Gasteiger partial charge in [0.2, 0.25) is 0 Å². The van der Waals surface area contributed by atoms with Gasteiger partial charge in [-0.3, -0.25) is 0 Å². The number of piperidine rings is 1. The molecule has 1 fully saturated rings. The van der Waals surface area contributed by atoms with E-state index in [0.29, 0.717) is 6.04 Å². The van der Waals surface area contributed by atoms with E-state index in [-0.39, 0.29) is 12.4 Å². The van der Waals surface area contributed by atoms with Crippen LogP contribution in [-0.2, 0) is 0 Å². The van der Waals surface area contributed by atoms with Crippen LogP contribution in [0.25, 0.3) is 0 Å². The lowest BCUT2D eigenvalue weighted by molar-refractivity contribution is 0.412. The Labute approximate surface area is 107 Å². The lowest BCUT2D eigenvalue weighted by Gasteiger charge is -2.25. The van der Waals surface area contributed by atoms with Crippen molar-refractivity contribution in [2.24, 2.45) is 0 Å². The van der Waals surface area contributed by atoms with Gasteiger partial charge < -0.3 is 5.32 Å². The SMILES string of the molecule is Cl.Clc1cccc(Cl)c1[C@H]1CCCCN1. The second kappa shape index (κ2) is 5.95. The summed E-state index contributed by atoms with van der Waals surface area (Å²) >= 11 is 12.3. The number of benzene rings is 1. The van der Waals surface area contributed by atoms with Crippen LogP contribution < -0.4 is 5.32 Å². The minimum Gasteiger partial charge on any atom is -0.310 e. The molecule has 1 aliphatic heterocycles. The van der Waals surface area contributed by atoms with Crippen LogP contribution in [0.1, 0.15) is 30.9 Å². The maximum Gasteiger partial charge on any atom is 0.0468 e. The third-order valence-electron chi connectivity index (χ3n) is 2.66. The van der Waals surface area contributed by atoms with Crippen molar-refractivity contribution in [3.05, 3.63) is 33.8 Å². The Balaban J connectivity index is 0.00000112. The molecule has 1 atom stereocenters. The van der Waals surface area contributed by atoms with Crippen LogP contribution >= 0.6 is 35.6 Å². The summed E-state index contributed by atoms with van der Waals surface area (Å²) in [4.78, 5) is 0. The Morgan fingerprint density at radius 2 is 1.80 bits per heavy atom. The minimum atomic E-state index is 0. The highest BCUT2D eigenvalue weighted by Gasteiger charge is 2.19. The summed E-state index contributed by atoms with van der Waals surface area (Å²) in [7, 11) is 0. The van der Waals surface area contributed by atoms with Crippen LogP contribution in [0.2, 0.25) is 10.0 Å². The van der Waals surface area contributed by atoms with Gasteiger partial charge in [0.15, 0.2) is 0 Å². The number of hydrogen-bond acceptors (Lipinski definition) is 1. The topological polar surface area (TPSA) is 12.0 Å². The van der Waals surface area contributed by atoms with E-state index in [0.717, 1.165) is 28.6 Å². The Morgan fingerprint density at radius 3 is 2.33 bits per heavy atom. The fourth-order valence-electron chi connectivity index (χ4n) is 1.94. The standard InChI is InChI=1S/C11H13Cl2N.ClH/c12-8-4-3-5-9(13)11(8)10-6-1-2-7-14-10;/h3-5,10,14H,1-2,6-7H2;1H/t10-;/m1./s1. The van der Waals surface area contributed by atoms with E-state index >= 15 is 0 Å². The van der Waals surface area contributed by atoms with Crippen molar-refractivity contribution in [2.75, 3.05) is 6.54 Å². The van der Waals surface area contributed by atoms with Crippen molar-refractivity contribution in [3.8, 4) is 0 Å². The molecular formula is C11H14Cl3N. The van der Waals surface area contributed by atoms with Crippen LogP contribution in [0.5, 0.6) is 0 Å². The number of nitrogens with one attached hydrogen (secondary N) is 1. The zero-order valence-corrected chi connectivity index (χ0v) is 10.6. The largest absolute Gasteiger partial charge is 0.310 e. The Bertz CT molecular complexity index is 301. The highest BCUT2D eigenvalue weighted by molar-refractivity contribution is 6.36. The van der Waals surface area contributed by atoms with Crippen LogP contribution in [0.4, 0.5) is 0 Å². The van der Waals surface area contributed by atoms with Crippen LogP contribution in [0, 0.1) is 0 Å². The van der Waals surface area contributed by atoms with Crippen molar-refractivity contribution in [2.45, 2.75) is 25.3 Å². The van der Waals surface area contributed by atoms with Crippen molar-refractivity contribution in [3.63, 3.8) is 0 Å². The van der Waals surface area contributed by atoms with Crippen LogP contribution in [0.15, 0.2) is 18.2 Å². The summed E-state index contributed by atoms with van der Waals surface area (Å²) in [6, 6.07) is 6.03. The molecule has 0 spiro atoms. The molecule has 4 heteroatoms. The molecule has 1 saturated heterocycles. The van der Waals surface area contributed by atoms with Gasteiger partial charge in [-0.25, -0.2) is 0 Å². The monoisotopic (exact) mass is 265 g/mol. The first-order valence-corrected chi connectivity index (χ1v) is 5.72. The molecule has 0 aliphatic carbocycles. The molecule has 1 nitrogen and oxygen atoms in total. The quantitative estimate of drug-likeness (QED) is 0.802. The second-order valence-electron chi connectivity index (χ2n) is 3.64. The minimum absolute atomic E-state index is 0. The zero-order chi connectivity index (χ0) is 9.97. The van der Waals surface area contributed by atoms with Gasteiger partial charge in [0.25, 0.3) is 0 Å². The van der Waals surface area contributed by atoms with E-state index in [1.807, 2.05) is 18.2 Å². The molecule has 1 N–H and O–H groups in total. The normalized spacial score (nSPS) is 20.8. The Morgan fingerprint density at radius 1 is 1.13 bits per heavy atom. The van der Waals surface area contributed by atoms with Gasteiger partial charge in [0, 0.05) is 21.7 Å². The van der Waals surface area contributed by atoms with Crippen molar-refractivity contribution in [1.29, 1.82) is 0 Å². The van der Waals surface area contributed by atoms with Crippen molar-refractivity contribution in [1.82, 2.24) is 5.32 Å². The third-order valence-corrected chi connectivity index (χ3v) is 3.32. The maximum absolute atomic E-state index is 6.14. The summed E-state index contributed by atoms with van der Waals surface area (Å²) < 4.78 is 0. The summed E-state index contributed by atoms with van der Waals surface area (Å²) in [6.45, 7) is 1.06. The van der Waals surface area contributed by atoms with E-state index in [4.69, 9.17) is 23.2 Å². The van der Waals surface area contributed by atoms with Gasteiger partial charge in [-0.2, -0.15) is 0 Å². The molecule has 1 heterocycles. The molecule has 0 radical (unpaired) electrons. The fourth-order valence-corrected chi connectivity index (χ4v) is 2.60. The van der Waals surface area contributed by atoms with E-state index in [9.17, 15) is 0 Å². The van der Waals surface area contributed by atoms with E-state index in [1.54, 1.807) is 0 Å². The zero-order valence-electron chi connectivity index (χ0n) is 8.30. The predicted molar refractivity (Wildman–Crippen MR) is 68.3 cm³/mol. The summed E-state index contributed by atoms with van der Waals surface area (Å²) in [5.74, 6) is 0. The van der Waals surface area contributed by atoms with Gasteiger partial charge in [-0.15, -0.1) is 12.4 Å². The number of halogens is 3. The molecular weight excluding hydrogens is 252 g/mol. The molecule has 0 amide bonds. The molecule has 1 aromatic carbocycles. The molecule has 15 heavy (non-hydrogen) atoms. The molecule has 1 aliphatic rings. The molecule has 0 saturated carbocycles. The first-order valence-electron chi connectivity index (χ1n) is 4.96. The van der Waals surface area contributed by atoms with Crippen molar-refractivity contribution >= 4 is 35.6 Å². The first-order chi connectivity index (χ1) is 6.79. The third kappa shape index (κ3) is 3.01. The van der Waals surface area contributed by atoms with Gasteiger partial charge in [0.05, 0.1) is 0 Å². The Hall–Kier alpha value is 0.0500. The first kappa shape index (κ1) is 13.1. The fraction of sp³-hybridized carbons (Fsp3) is 0.455. The molecule has 1 aromatic rings. The summed E-state index contributed by atoms with van der Waals surface area (Å²) in [5, 5.41) is 5.00. The van der Waals surface area contributed by atoms with Gasteiger partial charge >= 0.3 is 0 Å². The van der Waals surface area contributed by atoms with Gasteiger partial charge in [-0.05, 0) is 31.5 Å². The average Bonchev–Trinajstić information content (AvgIpc) is 2.19. The lowest BCUT2D eigenvalue weighted by Crippen LogP contribution is -2.27. The van der Waals surface area contributed by atoms with Crippen molar-refractivity contribution < 1.29 is 0 Å². The molecule has 0 unspecified atom stereocenters. The molecule has 84 valence electrons. The highest BCUT2D eigenvalue weighted by atomic mass is 35.5. The van der Waals surface area contributed by atoms with E-state index in [1.165, 1.54) is 12.8 Å². The summed E-state index contributed by atoms with van der Waals surface area (Å²) in [6.07, 6.45) is 3.63. The van der Waals surface area contributed by atoms with Crippen LogP contribution in [0.3, 0.4) is 0 Å². The van der Waals surface area contributed by atoms with Gasteiger partial charge in [0.1, 0.15) is 0 Å². The maximum atomic E-state index is 6.14. The lowest BCUT2D eigenvalue weighted by atomic mass is 9.97. The second-order valence-corrected chi connectivity index (χ2v) is 4.45. The summed E-state index contributed by atoms with van der Waals surface area (Å²) in [5.41, 5.74) is 1.07. The smallest absolute Gasteiger partial charge is 0.0468 e. The Kier molecular flexibility index (Phi) is 5.20. The molecule has 0 bridgehead atoms. The number of rotatable bonds is 1. The predicted octanol–water partition coefficient (Wildman–Crippen LogP) is 4.23. The number of hydrogen-bond donors (Lipinski definition) is 1. The van der Waals surface area contributed by atoms with Gasteiger partial charge in [-0.1, -0.05) is 35.7 Å². The van der Waals surface area contributed by atoms with Crippen LogP contribution in [-0.4, -0.2) is 6.54 Å². The van der Waals surface area contributed by atoms with E-state index in [2.05, 4.69) is 5.32 Å².